The maximum atomic E-state index is 13.8. The lowest BCUT2D eigenvalue weighted by Crippen LogP contribution is -2.31. The van der Waals surface area contributed by atoms with Crippen LogP contribution in [-0.4, -0.2) is 47.6 Å². The Hall–Kier alpha value is -3.34. The van der Waals surface area contributed by atoms with E-state index in [0.717, 1.165) is 12.3 Å². The Balaban J connectivity index is 2.10. The fourth-order valence-corrected chi connectivity index (χ4v) is 2.26. The SMILES string of the molecule is CN(C)C(=O)CN/C=C(\C=N)Nc1ncc(Cl)c(NCc2c(F)ccc(F)c2F)n1. The molecule has 160 valence electrons. The first-order valence-corrected chi connectivity index (χ1v) is 8.90. The Labute approximate surface area is 175 Å². The van der Waals surface area contributed by atoms with Crippen LogP contribution >= 0.6 is 11.6 Å². The Morgan fingerprint density at radius 2 is 1.97 bits per heavy atom. The molecule has 2 aromatic rings. The van der Waals surface area contributed by atoms with Crippen molar-refractivity contribution in [3.05, 3.63) is 58.3 Å². The molecular formula is C18H19ClF3N7O. The molecule has 0 aliphatic heterocycles. The van der Waals surface area contributed by atoms with Gasteiger partial charge >= 0.3 is 0 Å². The molecule has 4 N–H and O–H groups in total. The average Bonchev–Trinajstić information content (AvgIpc) is 2.71. The first-order chi connectivity index (χ1) is 14.2. The van der Waals surface area contributed by atoms with Gasteiger partial charge in [-0.15, -0.1) is 0 Å². The van der Waals surface area contributed by atoms with Gasteiger partial charge in [0.15, 0.2) is 17.5 Å². The van der Waals surface area contributed by atoms with Gasteiger partial charge in [-0.1, -0.05) is 11.6 Å². The van der Waals surface area contributed by atoms with Crippen molar-refractivity contribution >= 4 is 35.5 Å². The van der Waals surface area contributed by atoms with Crippen LogP contribution in [0.4, 0.5) is 24.9 Å². The normalized spacial score (nSPS) is 11.1. The number of rotatable bonds is 9. The lowest BCUT2D eigenvalue weighted by molar-refractivity contribution is -0.127. The summed E-state index contributed by atoms with van der Waals surface area (Å²) in [5.74, 6) is -3.50. The van der Waals surface area contributed by atoms with Crippen molar-refractivity contribution in [1.82, 2.24) is 20.2 Å². The fourth-order valence-electron chi connectivity index (χ4n) is 2.10. The van der Waals surface area contributed by atoms with Gasteiger partial charge in [-0.25, -0.2) is 18.2 Å². The number of benzene rings is 1. The summed E-state index contributed by atoms with van der Waals surface area (Å²) in [5, 5.41) is 15.6. The quantitative estimate of drug-likeness (QED) is 0.352. The predicted octanol–water partition coefficient (Wildman–Crippen LogP) is 2.74. The number of allylic oxidation sites excluding steroid dienone is 1. The van der Waals surface area contributed by atoms with Gasteiger partial charge in [-0.05, 0) is 12.1 Å². The first-order valence-electron chi connectivity index (χ1n) is 8.53. The smallest absolute Gasteiger partial charge is 0.241 e. The highest BCUT2D eigenvalue weighted by Crippen LogP contribution is 2.22. The van der Waals surface area contributed by atoms with Crippen LogP contribution < -0.4 is 16.0 Å². The molecule has 8 nitrogen and oxygen atoms in total. The number of nitrogens with zero attached hydrogens (tertiary/aromatic N) is 3. The number of amides is 1. The van der Waals surface area contributed by atoms with Crippen molar-refractivity contribution in [2.24, 2.45) is 0 Å². The van der Waals surface area contributed by atoms with Crippen LogP contribution in [0.15, 0.2) is 30.2 Å². The van der Waals surface area contributed by atoms with Gasteiger partial charge in [0.05, 0.1) is 18.4 Å². The van der Waals surface area contributed by atoms with Gasteiger partial charge < -0.3 is 26.3 Å². The highest BCUT2D eigenvalue weighted by molar-refractivity contribution is 6.32. The van der Waals surface area contributed by atoms with E-state index in [1.165, 1.54) is 17.3 Å². The van der Waals surface area contributed by atoms with Gasteiger partial charge in [-0.2, -0.15) is 4.98 Å². The second kappa shape index (κ2) is 10.4. The molecule has 2 rings (SSSR count). The van der Waals surface area contributed by atoms with E-state index in [9.17, 15) is 18.0 Å². The third-order valence-electron chi connectivity index (χ3n) is 3.74. The predicted molar refractivity (Wildman–Crippen MR) is 108 cm³/mol. The zero-order valence-electron chi connectivity index (χ0n) is 16.1. The Morgan fingerprint density at radius 1 is 1.27 bits per heavy atom. The minimum atomic E-state index is -1.31. The zero-order chi connectivity index (χ0) is 22.3. The summed E-state index contributed by atoms with van der Waals surface area (Å²) in [4.78, 5) is 21.0. The zero-order valence-corrected chi connectivity index (χ0v) is 16.8. The fraction of sp³-hybridized carbons (Fsp3) is 0.222. The lowest BCUT2D eigenvalue weighted by Gasteiger charge is -2.12. The van der Waals surface area contributed by atoms with Crippen LogP contribution in [-0.2, 0) is 11.3 Å². The summed E-state index contributed by atoms with van der Waals surface area (Å²) in [6.07, 6.45) is 3.59. The van der Waals surface area contributed by atoms with Crippen LogP contribution in [0.2, 0.25) is 5.02 Å². The number of likely N-dealkylation sites (N-methyl/N-ethyl adjacent to an activating group) is 1. The molecule has 1 amide bonds. The number of nitrogens with one attached hydrogen (secondary N) is 4. The van der Waals surface area contributed by atoms with Crippen LogP contribution in [0.1, 0.15) is 5.56 Å². The Bertz CT molecular complexity index is 969. The van der Waals surface area contributed by atoms with Gasteiger partial charge in [0.25, 0.3) is 0 Å². The van der Waals surface area contributed by atoms with Crippen molar-refractivity contribution < 1.29 is 18.0 Å². The number of aromatic nitrogens is 2. The Kier molecular flexibility index (Phi) is 7.98. The van der Waals surface area contributed by atoms with E-state index in [-0.39, 0.29) is 34.9 Å². The van der Waals surface area contributed by atoms with E-state index in [4.69, 9.17) is 17.0 Å². The molecule has 0 unspecified atom stereocenters. The van der Waals surface area contributed by atoms with E-state index in [2.05, 4.69) is 25.9 Å². The summed E-state index contributed by atoms with van der Waals surface area (Å²) < 4.78 is 40.9. The standard InChI is InChI=1S/C18H19ClF3N7O/c1-29(2)15(30)9-24-6-10(5-23)27-18-26-8-12(19)17(28-18)25-7-11-13(20)3-4-14(21)16(11)22/h3-6,8,23-24H,7,9H2,1-2H3,(H2,25,26,27,28)/b10-6+,23-5?. The molecule has 0 saturated carbocycles. The number of halogens is 4. The van der Waals surface area contributed by atoms with Gasteiger partial charge in [0, 0.05) is 38.6 Å². The number of hydrogen-bond donors (Lipinski definition) is 4. The molecule has 0 fully saturated rings. The average molecular weight is 442 g/mol. The highest BCUT2D eigenvalue weighted by atomic mass is 35.5. The summed E-state index contributed by atoms with van der Waals surface area (Å²) in [6.45, 7) is -0.391. The molecule has 0 aliphatic rings. The second-order valence-corrected chi connectivity index (χ2v) is 6.51. The summed E-state index contributed by atoms with van der Waals surface area (Å²) in [5.41, 5.74) is -0.272. The third-order valence-corrected chi connectivity index (χ3v) is 4.01. The summed E-state index contributed by atoms with van der Waals surface area (Å²) in [6, 6.07) is 1.51. The van der Waals surface area contributed by atoms with Crippen molar-refractivity contribution in [1.29, 1.82) is 5.41 Å². The molecule has 0 aliphatic carbocycles. The summed E-state index contributed by atoms with van der Waals surface area (Å²) in [7, 11) is 3.22. The number of anilines is 2. The largest absolute Gasteiger partial charge is 0.380 e. The van der Waals surface area contributed by atoms with Crippen LogP contribution in [0, 0.1) is 22.9 Å². The number of carbonyl (C=O) groups excluding carboxylic acids is 1. The molecule has 0 radical (unpaired) electrons. The molecule has 12 heteroatoms. The Morgan fingerprint density at radius 3 is 2.63 bits per heavy atom. The van der Waals surface area contributed by atoms with Crippen molar-refractivity contribution in [3.8, 4) is 0 Å². The van der Waals surface area contributed by atoms with E-state index >= 15 is 0 Å². The second-order valence-electron chi connectivity index (χ2n) is 6.10. The minimum Gasteiger partial charge on any atom is -0.380 e. The van der Waals surface area contributed by atoms with Crippen molar-refractivity contribution in [3.63, 3.8) is 0 Å². The highest BCUT2D eigenvalue weighted by Gasteiger charge is 2.15. The molecule has 1 heterocycles. The van der Waals surface area contributed by atoms with Crippen LogP contribution in [0.25, 0.3) is 0 Å². The molecule has 1 aromatic carbocycles. The van der Waals surface area contributed by atoms with Gasteiger partial charge in [-0.3, -0.25) is 4.79 Å². The molecular weight excluding hydrogens is 423 g/mol. The van der Waals surface area contributed by atoms with E-state index in [1.54, 1.807) is 14.1 Å². The molecule has 0 bridgehead atoms. The molecule has 1 aromatic heterocycles. The third kappa shape index (κ3) is 6.08. The number of hydrogen-bond acceptors (Lipinski definition) is 7. The minimum absolute atomic E-state index is 0.0189. The molecule has 0 saturated heterocycles. The van der Waals surface area contributed by atoms with Crippen molar-refractivity contribution in [2.75, 3.05) is 31.3 Å². The molecule has 0 atom stereocenters. The first kappa shape index (κ1) is 22.9. The van der Waals surface area contributed by atoms with Crippen molar-refractivity contribution in [2.45, 2.75) is 6.54 Å². The van der Waals surface area contributed by atoms with Crippen LogP contribution in [0.5, 0.6) is 0 Å². The monoisotopic (exact) mass is 441 g/mol. The van der Waals surface area contributed by atoms with E-state index < -0.39 is 29.6 Å². The lowest BCUT2D eigenvalue weighted by atomic mass is 10.2. The van der Waals surface area contributed by atoms with Gasteiger partial charge in [0.1, 0.15) is 10.8 Å². The molecule has 0 spiro atoms. The topological polar surface area (TPSA) is 106 Å². The van der Waals surface area contributed by atoms with E-state index in [1.807, 2.05) is 0 Å². The maximum absolute atomic E-state index is 13.8. The van der Waals surface area contributed by atoms with Gasteiger partial charge in [0.2, 0.25) is 11.9 Å². The van der Waals surface area contributed by atoms with Crippen LogP contribution in [0.3, 0.4) is 0 Å². The number of carbonyl (C=O) groups is 1. The molecule has 30 heavy (non-hydrogen) atoms. The summed E-state index contributed by atoms with van der Waals surface area (Å²) >= 11 is 6.00. The van der Waals surface area contributed by atoms with E-state index in [0.29, 0.717) is 6.07 Å². The maximum Gasteiger partial charge on any atom is 0.241 e.